The minimum absolute atomic E-state index is 0.204. The van der Waals surface area contributed by atoms with Gasteiger partial charge in [-0.3, -0.25) is 4.79 Å². The minimum Gasteiger partial charge on any atom is -0.364 e. The first-order valence-electron chi connectivity index (χ1n) is 7.11. The number of primary amides is 1. The molecule has 3 rings (SSSR count). The van der Waals surface area contributed by atoms with Crippen LogP contribution in [0, 0.1) is 0 Å². The normalized spacial score (nSPS) is 15.1. The van der Waals surface area contributed by atoms with Crippen LogP contribution < -0.4 is 10.6 Å². The van der Waals surface area contributed by atoms with E-state index in [1.807, 2.05) is 4.57 Å². The smallest absolute Gasteiger partial charge is 0.268 e. The molecule has 0 saturated carbocycles. The van der Waals surface area contributed by atoms with Crippen molar-refractivity contribution in [3.8, 4) is 0 Å². The van der Waals surface area contributed by atoms with Gasteiger partial charge in [0.2, 0.25) is 0 Å². The molecule has 0 fully saturated rings. The molecule has 2 N–H and O–H groups in total. The van der Waals surface area contributed by atoms with E-state index >= 15 is 0 Å². The van der Waals surface area contributed by atoms with Crippen LogP contribution in [-0.2, 0) is 22.8 Å². The molecule has 0 spiro atoms. The number of aromatic nitrogens is 3. The Morgan fingerprint density at radius 1 is 1.26 bits per heavy atom. The number of pyridine rings is 1. The first-order valence-corrected chi connectivity index (χ1v) is 9.00. The number of rotatable bonds is 3. The summed E-state index contributed by atoms with van der Waals surface area (Å²) in [5.74, 6) is 1.01. The Morgan fingerprint density at radius 3 is 2.65 bits per heavy atom. The lowest BCUT2D eigenvalue weighted by atomic mass is 10.3. The summed E-state index contributed by atoms with van der Waals surface area (Å²) in [6.45, 7) is 2.03. The van der Waals surface area contributed by atoms with Crippen LogP contribution in [-0.4, -0.2) is 48.2 Å². The van der Waals surface area contributed by atoms with E-state index in [1.165, 1.54) is 6.20 Å². The van der Waals surface area contributed by atoms with Crippen molar-refractivity contribution in [3.63, 3.8) is 0 Å². The van der Waals surface area contributed by atoms with Gasteiger partial charge in [0.15, 0.2) is 9.84 Å². The lowest BCUT2D eigenvalue weighted by Crippen LogP contribution is -2.27. The second-order valence-electron chi connectivity index (χ2n) is 5.46. The van der Waals surface area contributed by atoms with Crippen molar-refractivity contribution in [1.29, 1.82) is 0 Å². The highest BCUT2D eigenvalue weighted by Gasteiger charge is 2.19. The maximum atomic E-state index is 11.5. The second-order valence-corrected chi connectivity index (χ2v) is 7.48. The van der Waals surface area contributed by atoms with Gasteiger partial charge in [-0.25, -0.2) is 18.4 Å². The zero-order valence-electron chi connectivity index (χ0n) is 12.6. The van der Waals surface area contributed by atoms with Gasteiger partial charge < -0.3 is 15.2 Å². The fraction of sp³-hybridized carbons (Fsp3) is 0.357. The molecule has 1 aliphatic rings. The number of nitrogens with two attached hydrogens (primary N) is 1. The highest BCUT2D eigenvalue weighted by Crippen LogP contribution is 2.18. The molecule has 9 heteroatoms. The quantitative estimate of drug-likeness (QED) is 0.834. The van der Waals surface area contributed by atoms with Gasteiger partial charge in [-0.2, -0.15) is 0 Å². The monoisotopic (exact) mass is 335 g/mol. The molecule has 8 nitrogen and oxygen atoms in total. The van der Waals surface area contributed by atoms with E-state index in [1.54, 1.807) is 18.3 Å². The maximum absolute atomic E-state index is 11.5. The van der Waals surface area contributed by atoms with Crippen molar-refractivity contribution in [2.45, 2.75) is 17.9 Å². The lowest BCUT2D eigenvalue weighted by Gasteiger charge is -2.21. The summed E-state index contributed by atoms with van der Waals surface area (Å²) in [7, 11) is -3.24. The number of fused-ring (bicyclic) bond motifs is 1. The fourth-order valence-electron chi connectivity index (χ4n) is 2.55. The molecule has 0 aromatic carbocycles. The summed E-state index contributed by atoms with van der Waals surface area (Å²) < 4.78 is 24.9. The topological polar surface area (TPSA) is 111 Å². The van der Waals surface area contributed by atoms with Gasteiger partial charge in [0.25, 0.3) is 5.91 Å². The lowest BCUT2D eigenvalue weighted by molar-refractivity contribution is 0.0996. The average Bonchev–Trinajstić information content (AvgIpc) is 2.81. The minimum atomic E-state index is -3.24. The van der Waals surface area contributed by atoms with Gasteiger partial charge in [0.1, 0.15) is 17.3 Å². The molecule has 1 amide bonds. The molecule has 0 bridgehead atoms. The van der Waals surface area contributed by atoms with E-state index in [4.69, 9.17) is 5.73 Å². The summed E-state index contributed by atoms with van der Waals surface area (Å²) in [6, 6.07) is 3.27. The van der Waals surface area contributed by atoms with Crippen molar-refractivity contribution in [2.75, 3.05) is 24.2 Å². The van der Waals surface area contributed by atoms with Crippen LogP contribution >= 0.6 is 0 Å². The molecule has 1 aliphatic heterocycles. The molecule has 0 aliphatic carbocycles. The van der Waals surface area contributed by atoms with Crippen molar-refractivity contribution < 1.29 is 13.2 Å². The predicted octanol–water partition coefficient (Wildman–Crippen LogP) is -0.157. The number of amides is 1. The molecule has 0 atom stereocenters. The predicted molar refractivity (Wildman–Crippen MR) is 84.0 cm³/mol. The standard InChI is InChI=1S/C14H17N5O3S/c1-23(21,22)10-2-3-12(16-8-10)18-5-4-13-17-11(14(15)20)9-19(13)7-6-18/h2-3,8-9H,4-7H2,1H3,(H2,15,20). The van der Waals surface area contributed by atoms with Crippen LogP contribution in [0.2, 0.25) is 0 Å². The maximum Gasteiger partial charge on any atom is 0.268 e. The van der Waals surface area contributed by atoms with E-state index in [2.05, 4.69) is 14.9 Å². The van der Waals surface area contributed by atoms with Crippen LogP contribution in [0.5, 0.6) is 0 Å². The number of anilines is 1. The van der Waals surface area contributed by atoms with Crippen LogP contribution in [0.4, 0.5) is 5.82 Å². The Kier molecular flexibility index (Phi) is 3.80. The highest BCUT2D eigenvalue weighted by atomic mass is 32.2. The van der Waals surface area contributed by atoms with Crippen LogP contribution in [0.15, 0.2) is 29.4 Å². The third-order valence-electron chi connectivity index (χ3n) is 3.80. The molecule has 2 aromatic rings. The molecule has 3 heterocycles. The zero-order chi connectivity index (χ0) is 16.6. The summed E-state index contributed by atoms with van der Waals surface area (Å²) in [5, 5.41) is 0. The number of carbonyl (C=O) groups is 1. The van der Waals surface area contributed by atoms with Crippen LogP contribution in [0.1, 0.15) is 16.3 Å². The summed E-state index contributed by atoms with van der Waals surface area (Å²) in [4.78, 5) is 21.9. The van der Waals surface area contributed by atoms with E-state index in [0.717, 1.165) is 17.9 Å². The summed E-state index contributed by atoms with van der Waals surface area (Å²) in [6.07, 6.45) is 4.86. The summed E-state index contributed by atoms with van der Waals surface area (Å²) in [5.41, 5.74) is 5.53. The number of hydrogen-bond donors (Lipinski definition) is 1. The van der Waals surface area contributed by atoms with Gasteiger partial charge >= 0.3 is 0 Å². The number of imidazole rings is 1. The molecular formula is C14H17N5O3S. The SMILES string of the molecule is CS(=O)(=O)c1ccc(N2CCc3nc(C(N)=O)cn3CC2)nc1. The van der Waals surface area contributed by atoms with Crippen molar-refractivity contribution in [3.05, 3.63) is 36.0 Å². The van der Waals surface area contributed by atoms with Gasteiger partial charge in [-0.05, 0) is 12.1 Å². The number of carbonyl (C=O) groups excluding carboxylic acids is 1. The molecule has 122 valence electrons. The molecule has 23 heavy (non-hydrogen) atoms. The second kappa shape index (κ2) is 5.65. The Hall–Kier alpha value is -2.42. The Morgan fingerprint density at radius 2 is 2.04 bits per heavy atom. The van der Waals surface area contributed by atoms with Gasteiger partial charge in [-0.15, -0.1) is 0 Å². The first-order chi connectivity index (χ1) is 10.8. The van der Waals surface area contributed by atoms with Gasteiger partial charge in [-0.1, -0.05) is 0 Å². The molecule has 0 saturated heterocycles. The van der Waals surface area contributed by atoms with Gasteiger partial charge in [0, 0.05) is 44.7 Å². The summed E-state index contributed by atoms with van der Waals surface area (Å²) >= 11 is 0. The third kappa shape index (κ3) is 3.19. The van der Waals surface area contributed by atoms with E-state index in [-0.39, 0.29) is 10.6 Å². The Balaban J connectivity index is 1.77. The van der Waals surface area contributed by atoms with E-state index < -0.39 is 15.7 Å². The van der Waals surface area contributed by atoms with Gasteiger partial charge in [0.05, 0.1) is 4.90 Å². The molecule has 2 aromatic heterocycles. The highest BCUT2D eigenvalue weighted by molar-refractivity contribution is 7.90. The largest absolute Gasteiger partial charge is 0.364 e. The molecule has 0 radical (unpaired) electrons. The van der Waals surface area contributed by atoms with Crippen LogP contribution in [0.25, 0.3) is 0 Å². The number of nitrogens with zero attached hydrogens (tertiary/aromatic N) is 4. The number of sulfone groups is 1. The van der Waals surface area contributed by atoms with Crippen molar-refractivity contribution in [1.82, 2.24) is 14.5 Å². The third-order valence-corrected chi connectivity index (χ3v) is 4.90. The fourth-order valence-corrected chi connectivity index (χ4v) is 3.11. The molecular weight excluding hydrogens is 318 g/mol. The van der Waals surface area contributed by atoms with Crippen molar-refractivity contribution >= 4 is 21.6 Å². The van der Waals surface area contributed by atoms with E-state index in [9.17, 15) is 13.2 Å². The zero-order valence-corrected chi connectivity index (χ0v) is 13.5. The average molecular weight is 335 g/mol. The Labute approximate surface area is 133 Å². The molecule has 0 unspecified atom stereocenters. The number of hydrogen-bond acceptors (Lipinski definition) is 6. The first kappa shape index (κ1) is 15.5. The van der Waals surface area contributed by atoms with Crippen LogP contribution in [0.3, 0.4) is 0 Å². The van der Waals surface area contributed by atoms with Crippen molar-refractivity contribution in [2.24, 2.45) is 5.73 Å². The van der Waals surface area contributed by atoms with E-state index in [0.29, 0.717) is 26.1 Å². The Bertz CT molecular complexity index is 816.